The van der Waals surface area contributed by atoms with Crippen molar-refractivity contribution in [1.82, 2.24) is 10.2 Å². The molecule has 0 aliphatic carbocycles. The lowest BCUT2D eigenvalue weighted by Crippen LogP contribution is -2.52. The fourth-order valence-electron chi connectivity index (χ4n) is 1.98. The summed E-state index contributed by atoms with van der Waals surface area (Å²) in [5.74, 6) is -0.207. The molecule has 0 radical (unpaired) electrons. The normalized spacial score (nSPS) is 20.4. The van der Waals surface area contributed by atoms with Gasteiger partial charge in [0.25, 0.3) is 5.91 Å². The summed E-state index contributed by atoms with van der Waals surface area (Å²) < 4.78 is 0. The zero-order valence-electron chi connectivity index (χ0n) is 9.61. The van der Waals surface area contributed by atoms with E-state index in [1.807, 2.05) is 6.92 Å². The average molecular weight is 255 g/mol. The molecule has 1 atom stereocenters. The van der Waals surface area contributed by atoms with Crippen LogP contribution in [-0.4, -0.2) is 41.6 Å². The summed E-state index contributed by atoms with van der Waals surface area (Å²) in [6, 6.07) is 4.70. The molecule has 1 aliphatic rings. The minimum atomic E-state index is -0.145. The Morgan fingerprint density at radius 2 is 2.35 bits per heavy atom. The Labute approximate surface area is 105 Å². The smallest absolute Gasteiger partial charge is 0.257 e. The molecule has 0 saturated carbocycles. The van der Waals surface area contributed by atoms with E-state index in [0.717, 1.165) is 13.1 Å². The number of phenolic OH excluding ortho intramolecular Hbond substituents is 1. The molecule has 0 spiro atoms. The van der Waals surface area contributed by atoms with Crippen LogP contribution in [0.5, 0.6) is 5.75 Å². The van der Waals surface area contributed by atoms with Crippen molar-refractivity contribution in [2.75, 3.05) is 19.6 Å². The highest BCUT2D eigenvalue weighted by molar-refractivity contribution is 6.30. The number of nitrogens with zero attached hydrogens (tertiary/aromatic N) is 1. The van der Waals surface area contributed by atoms with Gasteiger partial charge in [0.1, 0.15) is 5.75 Å². The standard InChI is InChI=1S/C12H15ClN2O2/c1-8-7-14-4-5-15(8)12(17)10-3-2-9(13)6-11(10)16/h2-3,6,8,14,16H,4-5,7H2,1H3. The molecule has 1 saturated heterocycles. The molecule has 0 aromatic heterocycles. The maximum atomic E-state index is 12.2. The van der Waals surface area contributed by atoms with Crippen LogP contribution in [0.25, 0.3) is 0 Å². The minimum Gasteiger partial charge on any atom is -0.507 e. The van der Waals surface area contributed by atoms with Gasteiger partial charge in [-0.2, -0.15) is 0 Å². The van der Waals surface area contributed by atoms with Gasteiger partial charge in [-0.15, -0.1) is 0 Å². The second-order valence-electron chi connectivity index (χ2n) is 4.21. The van der Waals surface area contributed by atoms with E-state index in [1.54, 1.807) is 17.0 Å². The number of aromatic hydroxyl groups is 1. The van der Waals surface area contributed by atoms with Crippen molar-refractivity contribution in [2.24, 2.45) is 0 Å². The molecule has 1 fully saturated rings. The zero-order chi connectivity index (χ0) is 12.4. The maximum Gasteiger partial charge on any atom is 0.257 e. The third kappa shape index (κ3) is 2.53. The van der Waals surface area contributed by atoms with Crippen molar-refractivity contribution in [3.05, 3.63) is 28.8 Å². The van der Waals surface area contributed by atoms with E-state index in [0.29, 0.717) is 17.1 Å². The fraction of sp³-hybridized carbons (Fsp3) is 0.417. The molecule has 0 bridgehead atoms. The molecule has 1 aromatic carbocycles. The Morgan fingerprint density at radius 1 is 1.59 bits per heavy atom. The van der Waals surface area contributed by atoms with Crippen LogP contribution >= 0.6 is 11.6 Å². The van der Waals surface area contributed by atoms with Crippen molar-refractivity contribution in [2.45, 2.75) is 13.0 Å². The minimum absolute atomic E-state index is 0.0618. The van der Waals surface area contributed by atoms with E-state index >= 15 is 0 Å². The first-order valence-corrected chi connectivity index (χ1v) is 5.97. The van der Waals surface area contributed by atoms with Gasteiger partial charge < -0.3 is 15.3 Å². The molecule has 1 heterocycles. The Kier molecular flexibility index (Phi) is 3.54. The van der Waals surface area contributed by atoms with Crippen LogP contribution in [-0.2, 0) is 0 Å². The third-order valence-electron chi connectivity index (χ3n) is 2.95. The molecule has 4 nitrogen and oxygen atoms in total. The third-order valence-corrected chi connectivity index (χ3v) is 3.19. The van der Waals surface area contributed by atoms with Crippen molar-refractivity contribution in [3.8, 4) is 5.75 Å². The van der Waals surface area contributed by atoms with Crippen LogP contribution < -0.4 is 5.32 Å². The van der Waals surface area contributed by atoms with E-state index in [1.165, 1.54) is 6.07 Å². The molecule has 1 amide bonds. The van der Waals surface area contributed by atoms with Gasteiger partial charge in [-0.05, 0) is 25.1 Å². The van der Waals surface area contributed by atoms with E-state index in [4.69, 9.17) is 11.6 Å². The van der Waals surface area contributed by atoms with Gasteiger partial charge >= 0.3 is 0 Å². The number of benzene rings is 1. The number of amides is 1. The zero-order valence-corrected chi connectivity index (χ0v) is 10.4. The molecule has 2 rings (SSSR count). The van der Waals surface area contributed by atoms with E-state index in [9.17, 15) is 9.90 Å². The lowest BCUT2D eigenvalue weighted by atomic mass is 10.1. The second-order valence-corrected chi connectivity index (χ2v) is 4.65. The van der Waals surface area contributed by atoms with Gasteiger partial charge in [-0.1, -0.05) is 11.6 Å². The van der Waals surface area contributed by atoms with Gasteiger partial charge in [0.2, 0.25) is 0 Å². The molecule has 92 valence electrons. The van der Waals surface area contributed by atoms with Gasteiger partial charge in [0.05, 0.1) is 5.56 Å². The lowest BCUT2D eigenvalue weighted by molar-refractivity contribution is 0.0653. The van der Waals surface area contributed by atoms with E-state index in [-0.39, 0.29) is 17.7 Å². The predicted molar refractivity (Wildman–Crippen MR) is 66.5 cm³/mol. The lowest BCUT2D eigenvalue weighted by Gasteiger charge is -2.34. The highest BCUT2D eigenvalue weighted by Crippen LogP contribution is 2.24. The van der Waals surface area contributed by atoms with Crippen LogP contribution in [0.15, 0.2) is 18.2 Å². The van der Waals surface area contributed by atoms with Crippen molar-refractivity contribution >= 4 is 17.5 Å². The van der Waals surface area contributed by atoms with Crippen molar-refractivity contribution in [3.63, 3.8) is 0 Å². The predicted octanol–water partition coefficient (Wildman–Crippen LogP) is 1.48. The number of halogens is 1. The average Bonchev–Trinajstić information content (AvgIpc) is 2.29. The topological polar surface area (TPSA) is 52.6 Å². The Bertz CT molecular complexity index is 437. The Hall–Kier alpha value is -1.26. The molecular formula is C12H15ClN2O2. The summed E-state index contributed by atoms with van der Waals surface area (Å²) in [4.78, 5) is 14.0. The van der Waals surface area contributed by atoms with Gasteiger partial charge in [0, 0.05) is 30.7 Å². The first-order valence-electron chi connectivity index (χ1n) is 5.60. The van der Waals surface area contributed by atoms with Crippen LogP contribution in [0.1, 0.15) is 17.3 Å². The Balaban J connectivity index is 2.24. The summed E-state index contributed by atoms with van der Waals surface area (Å²) in [5, 5.41) is 13.4. The van der Waals surface area contributed by atoms with Crippen molar-refractivity contribution in [1.29, 1.82) is 0 Å². The number of hydrogen-bond acceptors (Lipinski definition) is 3. The fourth-order valence-corrected chi connectivity index (χ4v) is 2.15. The number of piperazine rings is 1. The summed E-state index contributed by atoms with van der Waals surface area (Å²) in [7, 11) is 0. The molecule has 1 unspecified atom stereocenters. The largest absolute Gasteiger partial charge is 0.507 e. The van der Waals surface area contributed by atoms with Gasteiger partial charge in [-0.25, -0.2) is 0 Å². The molecule has 2 N–H and O–H groups in total. The van der Waals surface area contributed by atoms with E-state index < -0.39 is 0 Å². The number of rotatable bonds is 1. The molecule has 1 aliphatic heterocycles. The first kappa shape index (κ1) is 12.2. The summed E-state index contributed by atoms with van der Waals surface area (Å²) in [6.07, 6.45) is 0. The number of hydrogen-bond donors (Lipinski definition) is 2. The molecular weight excluding hydrogens is 240 g/mol. The molecule has 1 aromatic rings. The SMILES string of the molecule is CC1CNCCN1C(=O)c1ccc(Cl)cc1O. The van der Waals surface area contributed by atoms with Crippen LogP contribution in [0.2, 0.25) is 5.02 Å². The van der Waals surface area contributed by atoms with Crippen LogP contribution in [0.3, 0.4) is 0 Å². The Morgan fingerprint density at radius 3 is 3.00 bits per heavy atom. The molecule has 17 heavy (non-hydrogen) atoms. The van der Waals surface area contributed by atoms with Gasteiger partial charge in [-0.3, -0.25) is 4.79 Å². The highest BCUT2D eigenvalue weighted by Gasteiger charge is 2.25. The second kappa shape index (κ2) is 4.94. The van der Waals surface area contributed by atoms with Gasteiger partial charge in [0.15, 0.2) is 0 Å². The van der Waals surface area contributed by atoms with Crippen LogP contribution in [0.4, 0.5) is 0 Å². The summed E-state index contributed by atoms with van der Waals surface area (Å²) >= 11 is 5.74. The number of phenols is 1. The molecule has 5 heteroatoms. The summed E-state index contributed by atoms with van der Waals surface area (Å²) in [6.45, 7) is 4.20. The monoisotopic (exact) mass is 254 g/mol. The van der Waals surface area contributed by atoms with E-state index in [2.05, 4.69) is 5.32 Å². The van der Waals surface area contributed by atoms with Crippen molar-refractivity contribution < 1.29 is 9.90 Å². The maximum absolute atomic E-state index is 12.2. The van der Waals surface area contributed by atoms with Crippen LogP contribution in [0, 0.1) is 0 Å². The quantitative estimate of drug-likeness (QED) is 0.798. The first-order chi connectivity index (χ1) is 8.09. The number of carbonyl (C=O) groups excluding carboxylic acids is 1. The highest BCUT2D eigenvalue weighted by atomic mass is 35.5. The summed E-state index contributed by atoms with van der Waals surface area (Å²) in [5.41, 5.74) is 0.308. The number of carbonyl (C=O) groups is 1. The number of nitrogens with one attached hydrogen (secondary N) is 1.